The number of aromatic nitrogens is 3. The first kappa shape index (κ1) is 13.1. The van der Waals surface area contributed by atoms with Crippen LogP contribution in [0.25, 0.3) is 0 Å². The number of aliphatic hydroxyl groups is 1. The first-order chi connectivity index (χ1) is 8.44. The second-order valence-electron chi connectivity index (χ2n) is 5.47. The van der Waals surface area contributed by atoms with Crippen LogP contribution in [0, 0.1) is 0 Å². The van der Waals surface area contributed by atoms with Crippen LogP contribution in [-0.4, -0.2) is 51.6 Å². The molecule has 1 aromatic heterocycles. The molecule has 2 rings (SSSR count). The topological polar surface area (TPSA) is 103 Å². The molecule has 1 aromatic rings. The molecule has 0 bridgehead atoms. The van der Waals surface area contributed by atoms with Gasteiger partial charge in [-0.05, 0) is 26.7 Å². The van der Waals surface area contributed by atoms with E-state index in [4.69, 9.17) is 5.73 Å². The van der Waals surface area contributed by atoms with Crippen molar-refractivity contribution in [2.24, 2.45) is 0 Å². The normalized spacial score (nSPS) is 21.3. The fourth-order valence-electron chi connectivity index (χ4n) is 2.13. The van der Waals surface area contributed by atoms with Crippen LogP contribution in [0.4, 0.5) is 11.9 Å². The van der Waals surface area contributed by atoms with E-state index in [0.29, 0.717) is 17.9 Å². The van der Waals surface area contributed by atoms with Crippen LogP contribution in [0.15, 0.2) is 0 Å². The minimum atomic E-state index is -0.612. The van der Waals surface area contributed by atoms with Crippen molar-refractivity contribution in [3.8, 4) is 0 Å². The van der Waals surface area contributed by atoms with Crippen LogP contribution in [-0.2, 0) is 0 Å². The zero-order valence-electron chi connectivity index (χ0n) is 11.0. The van der Waals surface area contributed by atoms with Crippen LogP contribution in [0.5, 0.6) is 0 Å². The highest BCUT2D eigenvalue weighted by Gasteiger charge is 2.24. The highest BCUT2D eigenvalue weighted by Crippen LogP contribution is 2.16. The van der Waals surface area contributed by atoms with Crippen LogP contribution in [0.1, 0.15) is 26.7 Å². The average Bonchev–Trinajstić information content (AvgIpc) is 2.73. The minimum Gasteiger partial charge on any atom is -0.390 e. The van der Waals surface area contributed by atoms with E-state index >= 15 is 0 Å². The summed E-state index contributed by atoms with van der Waals surface area (Å²) in [6.07, 6.45) is 1.70. The molecule has 0 radical (unpaired) electrons. The third kappa shape index (κ3) is 3.58. The highest BCUT2D eigenvalue weighted by atomic mass is 16.3. The predicted molar refractivity (Wildman–Crippen MR) is 70.3 cm³/mol. The summed E-state index contributed by atoms with van der Waals surface area (Å²) < 4.78 is 0. The Morgan fingerprint density at radius 1 is 1.56 bits per heavy atom. The third-order valence-corrected chi connectivity index (χ3v) is 3.13. The molecule has 1 atom stereocenters. The van der Waals surface area contributed by atoms with Gasteiger partial charge in [-0.2, -0.15) is 4.98 Å². The molecule has 1 fully saturated rings. The van der Waals surface area contributed by atoms with Gasteiger partial charge in [-0.15, -0.1) is 5.10 Å². The Balaban J connectivity index is 1.88. The van der Waals surface area contributed by atoms with Crippen molar-refractivity contribution in [3.63, 3.8) is 0 Å². The number of anilines is 2. The Kier molecular flexibility index (Phi) is 3.72. The molecule has 102 valence electrons. The predicted octanol–water partition coefficient (Wildman–Crippen LogP) is -0.284. The smallest absolute Gasteiger partial charge is 0.246 e. The van der Waals surface area contributed by atoms with E-state index in [0.717, 1.165) is 32.5 Å². The maximum atomic E-state index is 9.75. The molecular formula is C11H22N6O. The first-order valence-electron chi connectivity index (χ1n) is 6.33. The standard InChI is InChI=1S/C11H22N6O/c1-11(2,18)4-3-8-7-17(6-5-13-8)10-14-9(12)15-16-10/h8,13,18H,3-7H2,1-2H3,(H3,12,14,15,16). The molecule has 1 saturated heterocycles. The summed E-state index contributed by atoms with van der Waals surface area (Å²) in [5.41, 5.74) is 4.92. The monoisotopic (exact) mass is 254 g/mol. The van der Waals surface area contributed by atoms with Gasteiger partial charge in [-0.3, -0.25) is 0 Å². The Hall–Kier alpha value is -1.34. The van der Waals surface area contributed by atoms with Crippen LogP contribution in [0.3, 0.4) is 0 Å². The molecule has 2 heterocycles. The van der Waals surface area contributed by atoms with Gasteiger partial charge in [-0.1, -0.05) is 0 Å². The number of hydrogen-bond donors (Lipinski definition) is 4. The number of rotatable bonds is 4. The summed E-state index contributed by atoms with van der Waals surface area (Å²) in [5, 5.41) is 19.9. The van der Waals surface area contributed by atoms with Gasteiger partial charge in [0.15, 0.2) is 0 Å². The number of nitrogen functional groups attached to an aromatic ring is 1. The summed E-state index contributed by atoms with van der Waals surface area (Å²) in [6.45, 7) is 6.28. The van der Waals surface area contributed by atoms with Gasteiger partial charge in [0, 0.05) is 25.7 Å². The van der Waals surface area contributed by atoms with Gasteiger partial charge in [0.25, 0.3) is 0 Å². The minimum absolute atomic E-state index is 0.344. The van der Waals surface area contributed by atoms with E-state index in [1.165, 1.54) is 0 Å². The fourth-order valence-corrected chi connectivity index (χ4v) is 2.13. The Bertz CT molecular complexity index is 385. The zero-order chi connectivity index (χ0) is 13.2. The average molecular weight is 254 g/mol. The summed E-state index contributed by atoms with van der Waals surface area (Å²) in [7, 11) is 0. The lowest BCUT2D eigenvalue weighted by Crippen LogP contribution is -2.51. The second-order valence-corrected chi connectivity index (χ2v) is 5.47. The first-order valence-corrected chi connectivity index (χ1v) is 6.33. The third-order valence-electron chi connectivity index (χ3n) is 3.13. The molecular weight excluding hydrogens is 232 g/mol. The van der Waals surface area contributed by atoms with Crippen molar-refractivity contribution in [1.82, 2.24) is 20.5 Å². The van der Waals surface area contributed by atoms with Gasteiger partial charge in [-0.25, -0.2) is 5.10 Å². The van der Waals surface area contributed by atoms with Crippen LogP contribution >= 0.6 is 0 Å². The Labute approximate surface area is 107 Å². The van der Waals surface area contributed by atoms with Gasteiger partial charge < -0.3 is 21.1 Å². The van der Waals surface area contributed by atoms with E-state index < -0.39 is 5.60 Å². The fraction of sp³-hybridized carbons (Fsp3) is 0.818. The van der Waals surface area contributed by atoms with E-state index in [2.05, 4.69) is 25.4 Å². The molecule has 5 N–H and O–H groups in total. The molecule has 7 heteroatoms. The van der Waals surface area contributed by atoms with E-state index in [9.17, 15) is 5.11 Å². The molecule has 7 nitrogen and oxygen atoms in total. The molecule has 0 aliphatic carbocycles. The molecule has 1 aliphatic heterocycles. The van der Waals surface area contributed by atoms with Crippen molar-refractivity contribution >= 4 is 11.9 Å². The molecule has 0 aromatic carbocycles. The number of nitrogens with one attached hydrogen (secondary N) is 2. The quantitative estimate of drug-likeness (QED) is 0.589. The van der Waals surface area contributed by atoms with Crippen LogP contribution in [0.2, 0.25) is 0 Å². The maximum absolute atomic E-state index is 9.75. The van der Waals surface area contributed by atoms with Crippen molar-refractivity contribution < 1.29 is 5.11 Å². The van der Waals surface area contributed by atoms with E-state index in [1.807, 2.05) is 13.8 Å². The lowest BCUT2D eigenvalue weighted by molar-refractivity contribution is 0.0652. The van der Waals surface area contributed by atoms with Crippen molar-refractivity contribution in [3.05, 3.63) is 0 Å². The summed E-state index contributed by atoms with van der Waals surface area (Å²) in [6, 6.07) is 0.352. The number of nitrogens with zero attached hydrogens (tertiary/aromatic N) is 3. The lowest BCUT2D eigenvalue weighted by atomic mass is 9.98. The van der Waals surface area contributed by atoms with Crippen molar-refractivity contribution in [2.45, 2.75) is 38.3 Å². The number of hydrogen-bond acceptors (Lipinski definition) is 6. The number of piperazine rings is 1. The lowest BCUT2D eigenvalue weighted by Gasteiger charge is -2.34. The van der Waals surface area contributed by atoms with Crippen molar-refractivity contribution in [2.75, 3.05) is 30.3 Å². The molecule has 0 saturated carbocycles. The molecule has 0 spiro atoms. The summed E-state index contributed by atoms with van der Waals surface area (Å²) >= 11 is 0. The maximum Gasteiger partial charge on any atom is 0.246 e. The van der Waals surface area contributed by atoms with E-state index in [1.54, 1.807) is 0 Å². The van der Waals surface area contributed by atoms with Crippen LogP contribution < -0.4 is 16.0 Å². The largest absolute Gasteiger partial charge is 0.390 e. The molecule has 18 heavy (non-hydrogen) atoms. The summed E-state index contributed by atoms with van der Waals surface area (Å²) in [5.74, 6) is 0.999. The number of H-pyrrole nitrogens is 1. The van der Waals surface area contributed by atoms with Crippen molar-refractivity contribution in [1.29, 1.82) is 0 Å². The zero-order valence-corrected chi connectivity index (χ0v) is 11.0. The van der Waals surface area contributed by atoms with Gasteiger partial charge in [0.2, 0.25) is 11.9 Å². The Morgan fingerprint density at radius 3 is 2.94 bits per heavy atom. The SMILES string of the molecule is CC(C)(O)CCC1CN(c2n[nH]c(N)n2)CCN1. The molecule has 1 aliphatic rings. The number of aromatic amines is 1. The number of nitrogens with two attached hydrogens (primary N) is 1. The van der Waals surface area contributed by atoms with E-state index in [-0.39, 0.29) is 0 Å². The highest BCUT2D eigenvalue weighted by molar-refractivity contribution is 5.34. The van der Waals surface area contributed by atoms with Gasteiger partial charge >= 0.3 is 0 Å². The van der Waals surface area contributed by atoms with Gasteiger partial charge in [0.1, 0.15) is 0 Å². The second kappa shape index (κ2) is 5.11. The molecule has 1 unspecified atom stereocenters. The van der Waals surface area contributed by atoms with Gasteiger partial charge in [0.05, 0.1) is 5.60 Å². The molecule has 0 amide bonds. The Morgan fingerprint density at radius 2 is 2.33 bits per heavy atom. The summed E-state index contributed by atoms with van der Waals surface area (Å²) in [4.78, 5) is 6.25.